The van der Waals surface area contributed by atoms with E-state index >= 15 is 0 Å². The van der Waals surface area contributed by atoms with Gasteiger partial charge in [0.15, 0.2) is 12.2 Å². The number of hydrogen-bond acceptors (Lipinski definition) is 15. The number of esters is 4. The van der Waals surface area contributed by atoms with Crippen LogP contribution in [0.4, 0.5) is 0 Å². The second-order valence-corrected chi connectivity index (χ2v) is 29.5. The Labute approximate surface area is 537 Å². The van der Waals surface area contributed by atoms with E-state index < -0.39 is 97.5 Å². The summed E-state index contributed by atoms with van der Waals surface area (Å²) in [4.78, 5) is 72.5. The number of carbonyl (C=O) groups is 4. The van der Waals surface area contributed by atoms with Gasteiger partial charge >= 0.3 is 39.5 Å². The number of hydrogen-bond donors (Lipinski definition) is 3. The molecule has 0 aromatic carbocycles. The quantitative estimate of drug-likeness (QED) is 0.0222. The molecule has 0 aliphatic heterocycles. The number of rotatable bonds is 66. The topological polar surface area (TPSA) is 237 Å². The molecule has 0 aromatic rings. The lowest BCUT2D eigenvalue weighted by molar-refractivity contribution is -0.161. The SMILES string of the molecule is CCC(C)CCCCCCCCCCCCC(=O)O[C@H](COC(=O)CCCCCCCCCCCC(C)C)COP(=O)(O)OCC(O)COP(=O)(O)OC[C@@H](COC(=O)CCCCCCCCCC(C)C)OC(=O)CCCCCCCCCCCC(C)C. The van der Waals surface area contributed by atoms with Crippen molar-refractivity contribution in [2.75, 3.05) is 39.6 Å². The van der Waals surface area contributed by atoms with E-state index in [1.807, 2.05) is 0 Å². The van der Waals surface area contributed by atoms with Crippen molar-refractivity contribution in [2.45, 2.75) is 356 Å². The Morgan fingerprint density at radius 3 is 0.807 bits per heavy atom. The van der Waals surface area contributed by atoms with E-state index in [0.29, 0.717) is 31.6 Å². The highest BCUT2D eigenvalue weighted by molar-refractivity contribution is 7.47. The summed E-state index contributed by atoms with van der Waals surface area (Å²) in [5.74, 6) is 0.856. The van der Waals surface area contributed by atoms with Gasteiger partial charge in [0.2, 0.25) is 0 Å². The summed E-state index contributed by atoms with van der Waals surface area (Å²) < 4.78 is 68.2. The third-order valence-corrected chi connectivity index (χ3v) is 18.1. The molecule has 19 heteroatoms. The molecule has 4 unspecified atom stereocenters. The van der Waals surface area contributed by atoms with Crippen LogP contribution < -0.4 is 0 Å². The van der Waals surface area contributed by atoms with Gasteiger partial charge in [-0.25, -0.2) is 9.13 Å². The van der Waals surface area contributed by atoms with Crippen LogP contribution in [0.2, 0.25) is 0 Å². The van der Waals surface area contributed by atoms with Crippen molar-refractivity contribution >= 4 is 39.5 Å². The second kappa shape index (κ2) is 58.8. The Kier molecular flexibility index (Phi) is 57.6. The minimum absolute atomic E-state index is 0.104. The van der Waals surface area contributed by atoms with Gasteiger partial charge in [0.25, 0.3) is 0 Å². The van der Waals surface area contributed by atoms with Crippen LogP contribution in [0, 0.1) is 23.7 Å². The van der Waals surface area contributed by atoms with Gasteiger partial charge in [-0.3, -0.25) is 37.3 Å². The molecular formula is C69H134O17P2. The maximum Gasteiger partial charge on any atom is 0.472 e. The van der Waals surface area contributed by atoms with Gasteiger partial charge in [-0.05, 0) is 49.4 Å². The van der Waals surface area contributed by atoms with Gasteiger partial charge < -0.3 is 33.8 Å². The zero-order valence-electron chi connectivity index (χ0n) is 57.3. The van der Waals surface area contributed by atoms with Gasteiger partial charge in [0.05, 0.1) is 26.4 Å². The number of unbranched alkanes of at least 4 members (excludes halogenated alkanes) is 31. The van der Waals surface area contributed by atoms with Crippen molar-refractivity contribution in [2.24, 2.45) is 23.7 Å². The number of phosphoric ester groups is 2. The summed E-state index contributed by atoms with van der Waals surface area (Å²) >= 11 is 0. The van der Waals surface area contributed by atoms with Gasteiger partial charge in [-0.2, -0.15) is 0 Å². The zero-order chi connectivity index (χ0) is 65.4. The van der Waals surface area contributed by atoms with Gasteiger partial charge in [-0.1, -0.05) is 287 Å². The van der Waals surface area contributed by atoms with E-state index in [1.54, 1.807) is 0 Å². The first kappa shape index (κ1) is 86.1. The molecule has 0 aliphatic rings. The number of aliphatic hydroxyl groups is 1. The van der Waals surface area contributed by atoms with Crippen LogP contribution in [-0.2, 0) is 65.4 Å². The van der Waals surface area contributed by atoms with E-state index in [9.17, 15) is 43.2 Å². The highest BCUT2D eigenvalue weighted by Crippen LogP contribution is 2.45. The molecule has 0 rings (SSSR count). The van der Waals surface area contributed by atoms with Crippen LogP contribution in [0.3, 0.4) is 0 Å². The number of aliphatic hydroxyl groups excluding tert-OH is 1. The van der Waals surface area contributed by atoms with E-state index in [0.717, 1.165) is 114 Å². The van der Waals surface area contributed by atoms with Crippen LogP contribution in [0.15, 0.2) is 0 Å². The molecule has 0 aliphatic carbocycles. The first-order valence-electron chi connectivity index (χ1n) is 35.7. The summed E-state index contributed by atoms with van der Waals surface area (Å²) in [5, 5.41) is 10.6. The van der Waals surface area contributed by atoms with Gasteiger partial charge in [0, 0.05) is 25.7 Å². The highest BCUT2D eigenvalue weighted by atomic mass is 31.2. The third-order valence-electron chi connectivity index (χ3n) is 16.2. The van der Waals surface area contributed by atoms with E-state index in [1.165, 1.54) is 135 Å². The largest absolute Gasteiger partial charge is 0.472 e. The predicted octanol–water partition coefficient (Wildman–Crippen LogP) is 19.3. The zero-order valence-corrected chi connectivity index (χ0v) is 59.1. The molecule has 0 heterocycles. The van der Waals surface area contributed by atoms with E-state index in [4.69, 9.17) is 37.0 Å². The van der Waals surface area contributed by atoms with Crippen LogP contribution in [0.1, 0.15) is 338 Å². The summed E-state index contributed by atoms with van der Waals surface area (Å²) in [7, 11) is -9.90. The monoisotopic (exact) mass is 1300 g/mol. The highest BCUT2D eigenvalue weighted by Gasteiger charge is 2.30. The lowest BCUT2D eigenvalue weighted by Gasteiger charge is -2.21. The molecule has 88 heavy (non-hydrogen) atoms. The molecule has 6 atom stereocenters. The maximum absolute atomic E-state index is 13.0. The Hall–Kier alpha value is -1.94. The second-order valence-electron chi connectivity index (χ2n) is 26.6. The molecule has 0 saturated carbocycles. The minimum atomic E-state index is -4.95. The molecule has 0 saturated heterocycles. The van der Waals surface area contributed by atoms with E-state index in [-0.39, 0.29) is 25.7 Å². The fourth-order valence-electron chi connectivity index (χ4n) is 10.3. The van der Waals surface area contributed by atoms with E-state index in [2.05, 4.69) is 55.4 Å². The Morgan fingerprint density at radius 2 is 0.545 bits per heavy atom. The maximum atomic E-state index is 13.0. The third kappa shape index (κ3) is 61.6. The lowest BCUT2D eigenvalue weighted by atomic mass is 9.99. The average Bonchev–Trinajstić information content (AvgIpc) is 3.49. The van der Waals surface area contributed by atoms with Crippen LogP contribution in [0.5, 0.6) is 0 Å². The molecule has 0 spiro atoms. The standard InChI is InChI=1S/C69H134O17P2/c1-9-62(8)48-40-32-24-16-10-11-17-26-35-43-51-68(73)85-64(55-79-66(71)49-41-33-25-18-12-14-21-29-37-45-59(2)3)57-83-87(75,76)81-53-63(70)54-82-88(77,78)84-58-65(56-80-67(72)50-42-34-28-20-23-31-39-47-61(6)7)86-69(74)52-44-36-27-19-13-15-22-30-38-46-60(4)5/h59-65,70H,9-58H2,1-8H3,(H,75,76)(H,77,78)/t62?,63?,64-,65-/m1/s1. The fourth-order valence-corrected chi connectivity index (χ4v) is 11.9. The number of ether oxygens (including phenoxy) is 4. The van der Waals surface area contributed by atoms with Crippen molar-refractivity contribution in [3.05, 3.63) is 0 Å². The molecule has 3 N–H and O–H groups in total. The number of carbonyl (C=O) groups excluding carboxylic acids is 4. The van der Waals surface area contributed by atoms with Gasteiger partial charge in [0.1, 0.15) is 19.3 Å². The van der Waals surface area contributed by atoms with Crippen LogP contribution >= 0.6 is 15.6 Å². The van der Waals surface area contributed by atoms with Crippen molar-refractivity contribution in [1.82, 2.24) is 0 Å². The van der Waals surface area contributed by atoms with Crippen molar-refractivity contribution in [3.8, 4) is 0 Å². The summed E-state index contributed by atoms with van der Waals surface area (Å²) in [5.41, 5.74) is 0. The van der Waals surface area contributed by atoms with Crippen LogP contribution in [0.25, 0.3) is 0 Å². The Balaban J connectivity index is 5.27. The Bertz CT molecular complexity index is 1750. The smallest absolute Gasteiger partial charge is 0.462 e. The minimum Gasteiger partial charge on any atom is -0.462 e. The summed E-state index contributed by atoms with van der Waals surface area (Å²) in [6.07, 6.45) is 40.3. The van der Waals surface area contributed by atoms with Crippen LogP contribution in [-0.4, -0.2) is 96.7 Å². The molecular weight excluding hydrogens is 1160 g/mol. The average molecular weight is 1300 g/mol. The molecule has 522 valence electrons. The normalized spacial score (nSPS) is 14.6. The Morgan fingerprint density at radius 1 is 0.318 bits per heavy atom. The summed E-state index contributed by atoms with van der Waals surface area (Å²) in [6.45, 7) is 14.1. The molecule has 0 aromatic heterocycles. The molecule has 17 nitrogen and oxygen atoms in total. The van der Waals surface area contributed by atoms with Crippen molar-refractivity contribution < 1.29 is 80.2 Å². The molecule has 0 bridgehead atoms. The molecule has 0 amide bonds. The molecule has 0 fully saturated rings. The fraction of sp³-hybridized carbons (Fsp3) is 0.942. The first-order valence-corrected chi connectivity index (χ1v) is 38.7. The molecule has 0 radical (unpaired) electrons. The first-order chi connectivity index (χ1) is 42.1. The lowest BCUT2D eigenvalue weighted by Crippen LogP contribution is -2.30. The van der Waals surface area contributed by atoms with Gasteiger partial charge in [-0.15, -0.1) is 0 Å². The van der Waals surface area contributed by atoms with Crippen molar-refractivity contribution in [3.63, 3.8) is 0 Å². The summed E-state index contributed by atoms with van der Waals surface area (Å²) in [6, 6.07) is 0. The number of phosphoric acid groups is 2. The predicted molar refractivity (Wildman–Crippen MR) is 354 cm³/mol. The van der Waals surface area contributed by atoms with Crippen molar-refractivity contribution in [1.29, 1.82) is 0 Å².